The smallest absolute Gasteiger partial charge is 0.462 e. The lowest BCUT2D eigenvalue weighted by Gasteiger charge is -2.19. The molecular formula is C41H78NO8P. The Kier molecular flexibility index (Phi) is 37.1. The Morgan fingerprint density at radius 2 is 1.02 bits per heavy atom. The van der Waals surface area contributed by atoms with E-state index in [9.17, 15) is 19.0 Å². The van der Waals surface area contributed by atoms with Crippen molar-refractivity contribution in [3.8, 4) is 0 Å². The van der Waals surface area contributed by atoms with Crippen LogP contribution in [-0.2, 0) is 32.7 Å². The van der Waals surface area contributed by atoms with Gasteiger partial charge in [0, 0.05) is 19.4 Å². The van der Waals surface area contributed by atoms with Gasteiger partial charge >= 0.3 is 19.8 Å². The standard InChI is InChI=1S/C41H78NO8P/c1-3-5-7-9-11-13-15-16-17-18-19-20-21-22-24-25-27-29-31-33-40(43)47-37-39(38-49-51(45,46)48-36-35-42)50-41(44)34-32-30-28-26-23-14-12-10-8-6-4-2/h11,13,16-17,39H,3-10,12,14-15,18-38,42H2,1-2H3,(H,45,46)/t39-/m1/s1. The van der Waals surface area contributed by atoms with Crippen molar-refractivity contribution in [2.45, 2.75) is 200 Å². The molecule has 300 valence electrons. The minimum atomic E-state index is -4.37. The van der Waals surface area contributed by atoms with Crippen LogP contribution < -0.4 is 5.73 Å². The molecule has 1 unspecified atom stereocenters. The summed E-state index contributed by atoms with van der Waals surface area (Å²) in [5.74, 6) is -0.829. The van der Waals surface area contributed by atoms with Gasteiger partial charge in [0.2, 0.25) is 0 Å². The van der Waals surface area contributed by atoms with E-state index >= 15 is 0 Å². The maximum Gasteiger partial charge on any atom is 0.472 e. The van der Waals surface area contributed by atoms with Gasteiger partial charge in [-0.15, -0.1) is 0 Å². The molecule has 2 atom stereocenters. The average molecular weight is 744 g/mol. The van der Waals surface area contributed by atoms with E-state index in [0.29, 0.717) is 6.42 Å². The van der Waals surface area contributed by atoms with Crippen molar-refractivity contribution in [2.75, 3.05) is 26.4 Å². The number of allylic oxidation sites excluding steroid dienone is 4. The number of phosphoric ester groups is 1. The molecule has 0 amide bonds. The van der Waals surface area contributed by atoms with E-state index in [1.165, 1.54) is 122 Å². The molecule has 0 aromatic rings. The third-order valence-electron chi connectivity index (χ3n) is 8.84. The molecule has 0 spiro atoms. The number of carbonyl (C=O) groups is 2. The summed E-state index contributed by atoms with van der Waals surface area (Å²) in [4.78, 5) is 34.8. The fourth-order valence-electron chi connectivity index (χ4n) is 5.72. The van der Waals surface area contributed by atoms with Crippen molar-refractivity contribution in [1.29, 1.82) is 0 Å². The second-order valence-corrected chi connectivity index (χ2v) is 15.3. The zero-order chi connectivity index (χ0) is 37.5. The Balaban J connectivity index is 4.11. The van der Waals surface area contributed by atoms with Crippen molar-refractivity contribution < 1.29 is 37.6 Å². The van der Waals surface area contributed by atoms with E-state index in [1.807, 2.05) is 0 Å². The van der Waals surface area contributed by atoms with Gasteiger partial charge in [-0.25, -0.2) is 4.57 Å². The van der Waals surface area contributed by atoms with Crippen LogP contribution in [0.25, 0.3) is 0 Å². The van der Waals surface area contributed by atoms with Gasteiger partial charge in [0.1, 0.15) is 6.61 Å². The minimum absolute atomic E-state index is 0.0544. The van der Waals surface area contributed by atoms with Gasteiger partial charge in [0.05, 0.1) is 13.2 Å². The molecule has 0 heterocycles. The number of phosphoric acid groups is 1. The molecule has 0 saturated heterocycles. The SMILES string of the molecule is CCCCCC=CCC=CCCCCCCCCCCCC(=O)OC[C@H](COP(=O)(O)OCCN)OC(=O)CCCCCCCCCCCCC. The van der Waals surface area contributed by atoms with Crippen LogP contribution in [0.3, 0.4) is 0 Å². The van der Waals surface area contributed by atoms with E-state index in [1.54, 1.807) is 0 Å². The zero-order valence-corrected chi connectivity index (χ0v) is 33.7. The molecule has 0 radical (unpaired) electrons. The molecule has 0 saturated carbocycles. The summed E-state index contributed by atoms with van der Waals surface area (Å²) in [7, 11) is -4.37. The first kappa shape index (κ1) is 49.5. The van der Waals surface area contributed by atoms with Crippen molar-refractivity contribution in [1.82, 2.24) is 0 Å². The molecule has 9 nitrogen and oxygen atoms in total. The number of hydrogen-bond acceptors (Lipinski definition) is 8. The lowest BCUT2D eigenvalue weighted by atomic mass is 10.1. The maximum atomic E-state index is 12.5. The second-order valence-electron chi connectivity index (χ2n) is 13.9. The van der Waals surface area contributed by atoms with Gasteiger partial charge in [-0.2, -0.15) is 0 Å². The van der Waals surface area contributed by atoms with E-state index in [-0.39, 0.29) is 38.6 Å². The fourth-order valence-corrected chi connectivity index (χ4v) is 6.49. The highest BCUT2D eigenvalue weighted by Crippen LogP contribution is 2.43. The van der Waals surface area contributed by atoms with Crippen LogP contribution in [0.2, 0.25) is 0 Å². The fraction of sp³-hybridized carbons (Fsp3) is 0.854. The Morgan fingerprint density at radius 1 is 0.588 bits per heavy atom. The van der Waals surface area contributed by atoms with Gasteiger partial charge in [-0.05, 0) is 44.9 Å². The molecule has 3 N–H and O–H groups in total. The summed E-state index contributed by atoms with van der Waals surface area (Å²) in [6.45, 7) is 3.70. The Bertz CT molecular complexity index is 897. The Hall–Kier alpha value is -1.51. The van der Waals surface area contributed by atoms with Crippen LogP contribution in [0.15, 0.2) is 24.3 Å². The predicted molar refractivity (Wildman–Crippen MR) is 211 cm³/mol. The largest absolute Gasteiger partial charge is 0.472 e. The second kappa shape index (κ2) is 38.2. The quantitative estimate of drug-likeness (QED) is 0.0273. The highest BCUT2D eigenvalue weighted by molar-refractivity contribution is 7.47. The number of nitrogens with two attached hydrogens (primary N) is 1. The summed E-state index contributed by atoms with van der Waals surface area (Å²) in [5.41, 5.74) is 5.34. The van der Waals surface area contributed by atoms with Gasteiger partial charge in [0.25, 0.3) is 0 Å². The Morgan fingerprint density at radius 3 is 1.53 bits per heavy atom. The molecular weight excluding hydrogens is 665 g/mol. The molecule has 10 heteroatoms. The minimum Gasteiger partial charge on any atom is -0.462 e. The number of hydrogen-bond donors (Lipinski definition) is 2. The van der Waals surface area contributed by atoms with Crippen LogP contribution in [0, 0.1) is 0 Å². The molecule has 0 aromatic heterocycles. The van der Waals surface area contributed by atoms with Crippen LogP contribution >= 0.6 is 7.82 Å². The Labute approximate surface area is 312 Å². The first-order valence-electron chi connectivity index (χ1n) is 20.8. The summed E-state index contributed by atoms with van der Waals surface area (Å²) in [6.07, 6.45) is 39.2. The molecule has 0 bridgehead atoms. The van der Waals surface area contributed by atoms with Crippen molar-refractivity contribution in [3.05, 3.63) is 24.3 Å². The van der Waals surface area contributed by atoms with E-state index < -0.39 is 26.5 Å². The van der Waals surface area contributed by atoms with Crippen molar-refractivity contribution in [3.63, 3.8) is 0 Å². The maximum absolute atomic E-state index is 12.5. The van der Waals surface area contributed by atoms with E-state index in [0.717, 1.165) is 38.5 Å². The first-order valence-corrected chi connectivity index (χ1v) is 22.3. The van der Waals surface area contributed by atoms with Gasteiger partial charge in [0.15, 0.2) is 6.10 Å². The van der Waals surface area contributed by atoms with Gasteiger partial charge in [-0.1, -0.05) is 160 Å². The highest BCUT2D eigenvalue weighted by atomic mass is 31.2. The monoisotopic (exact) mass is 744 g/mol. The number of unbranched alkanes of at least 4 members (excludes halogenated alkanes) is 22. The molecule has 0 aliphatic carbocycles. The summed E-state index contributed by atoms with van der Waals surface area (Å²) >= 11 is 0. The van der Waals surface area contributed by atoms with Crippen LogP contribution in [0.4, 0.5) is 0 Å². The van der Waals surface area contributed by atoms with Crippen LogP contribution in [0.5, 0.6) is 0 Å². The van der Waals surface area contributed by atoms with E-state index in [4.69, 9.17) is 24.3 Å². The number of carbonyl (C=O) groups excluding carboxylic acids is 2. The number of ether oxygens (including phenoxy) is 2. The topological polar surface area (TPSA) is 134 Å². The predicted octanol–water partition coefficient (Wildman–Crippen LogP) is 11.6. The van der Waals surface area contributed by atoms with Crippen molar-refractivity contribution in [2.24, 2.45) is 5.73 Å². The zero-order valence-electron chi connectivity index (χ0n) is 32.8. The molecule has 0 aliphatic heterocycles. The highest BCUT2D eigenvalue weighted by Gasteiger charge is 2.26. The third kappa shape index (κ3) is 38.0. The van der Waals surface area contributed by atoms with Crippen LogP contribution in [-0.4, -0.2) is 49.3 Å². The number of rotatable bonds is 39. The normalized spacial score (nSPS) is 13.6. The summed E-state index contributed by atoms with van der Waals surface area (Å²) in [5, 5.41) is 0. The molecule has 0 rings (SSSR count). The third-order valence-corrected chi connectivity index (χ3v) is 9.82. The van der Waals surface area contributed by atoms with Crippen LogP contribution in [0.1, 0.15) is 194 Å². The molecule has 0 aliphatic rings. The molecule has 51 heavy (non-hydrogen) atoms. The first-order chi connectivity index (χ1) is 24.8. The van der Waals surface area contributed by atoms with Crippen molar-refractivity contribution >= 4 is 19.8 Å². The lowest BCUT2D eigenvalue weighted by molar-refractivity contribution is -0.161. The molecule has 0 fully saturated rings. The lowest BCUT2D eigenvalue weighted by Crippen LogP contribution is -2.29. The number of esters is 2. The van der Waals surface area contributed by atoms with Gasteiger partial charge < -0.3 is 20.1 Å². The summed E-state index contributed by atoms with van der Waals surface area (Å²) in [6, 6.07) is 0. The average Bonchev–Trinajstić information content (AvgIpc) is 3.11. The molecule has 0 aromatic carbocycles. The van der Waals surface area contributed by atoms with E-state index in [2.05, 4.69) is 38.2 Å². The van der Waals surface area contributed by atoms with Gasteiger partial charge in [-0.3, -0.25) is 18.6 Å². The summed E-state index contributed by atoms with van der Waals surface area (Å²) < 4.78 is 32.7.